The molecule has 2 aromatic carbocycles. The minimum absolute atomic E-state index is 0.0249. The molecule has 0 aliphatic rings. The second kappa shape index (κ2) is 5.72. The lowest BCUT2D eigenvalue weighted by Crippen LogP contribution is -2.08. The van der Waals surface area contributed by atoms with E-state index in [1.165, 1.54) is 18.2 Å². The van der Waals surface area contributed by atoms with Crippen LogP contribution in [0.4, 0.5) is 11.4 Å². The monoisotopic (exact) mass is 308 g/mol. The number of nitrogens with one attached hydrogen (secondary N) is 1. The van der Waals surface area contributed by atoms with Crippen LogP contribution in [-0.4, -0.2) is 14.9 Å². The van der Waals surface area contributed by atoms with Gasteiger partial charge in [-0.1, -0.05) is 12.1 Å². The maximum absolute atomic E-state index is 11.9. The maximum atomic E-state index is 11.9. The Kier molecular flexibility index (Phi) is 3.60. The van der Waals surface area contributed by atoms with Gasteiger partial charge < -0.3 is 10.7 Å². The molecule has 0 bridgehead atoms. The molecule has 7 nitrogen and oxygen atoms in total. The quantitative estimate of drug-likeness (QED) is 0.438. The number of nitrogen functional groups attached to an aromatic ring is 1. The third-order valence-electron chi connectivity index (χ3n) is 3.28. The Morgan fingerprint density at radius 3 is 2.43 bits per heavy atom. The van der Waals surface area contributed by atoms with Crippen molar-refractivity contribution >= 4 is 11.4 Å². The largest absolute Gasteiger partial charge is 0.399 e. The van der Waals surface area contributed by atoms with Gasteiger partial charge in [0.2, 0.25) is 0 Å². The van der Waals surface area contributed by atoms with Gasteiger partial charge in [0.15, 0.2) is 0 Å². The molecule has 7 heteroatoms. The van der Waals surface area contributed by atoms with Gasteiger partial charge in [0.1, 0.15) is 5.82 Å². The Labute approximate surface area is 130 Å². The molecule has 0 aliphatic heterocycles. The lowest BCUT2D eigenvalue weighted by molar-refractivity contribution is -0.384. The Hall–Kier alpha value is -3.48. The standard InChI is InChI=1S/C16H12N4O3/c17-12-3-1-2-11(8-12)14-9-15(21)19-16(18-14)10-4-6-13(7-5-10)20(22)23/h1-9H,17H2,(H,18,19,21). The van der Waals surface area contributed by atoms with E-state index in [9.17, 15) is 14.9 Å². The molecule has 0 fully saturated rings. The van der Waals surface area contributed by atoms with Gasteiger partial charge in [-0.3, -0.25) is 14.9 Å². The number of non-ortho nitro benzene ring substituents is 1. The molecule has 3 N–H and O–H groups in total. The molecule has 23 heavy (non-hydrogen) atoms. The Bertz CT molecular complexity index is 933. The van der Waals surface area contributed by atoms with Crippen molar-refractivity contribution in [1.29, 1.82) is 0 Å². The molecule has 0 amide bonds. The van der Waals surface area contributed by atoms with Gasteiger partial charge in [0.25, 0.3) is 11.2 Å². The van der Waals surface area contributed by atoms with Crippen LogP contribution in [-0.2, 0) is 0 Å². The molecule has 1 aromatic heterocycles. The normalized spacial score (nSPS) is 10.4. The number of hydrogen-bond acceptors (Lipinski definition) is 5. The maximum Gasteiger partial charge on any atom is 0.269 e. The first-order valence-electron chi connectivity index (χ1n) is 6.75. The average molecular weight is 308 g/mol. The van der Waals surface area contributed by atoms with E-state index in [2.05, 4.69) is 9.97 Å². The van der Waals surface area contributed by atoms with Crippen molar-refractivity contribution in [1.82, 2.24) is 9.97 Å². The van der Waals surface area contributed by atoms with E-state index in [4.69, 9.17) is 5.73 Å². The van der Waals surface area contributed by atoms with Crippen LogP contribution in [0.5, 0.6) is 0 Å². The third-order valence-corrected chi connectivity index (χ3v) is 3.28. The van der Waals surface area contributed by atoms with E-state index in [1.807, 2.05) is 0 Å². The first-order chi connectivity index (χ1) is 11.0. The van der Waals surface area contributed by atoms with Crippen LogP contribution in [0.25, 0.3) is 22.6 Å². The molecule has 0 atom stereocenters. The minimum Gasteiger partial charge on any atom is -0.399 e. The molecule has 3 aromatic rings. The average Bonchev–Trinajstić information content (AvgIpc) is 2.54. The Balaban J connectivity index is 2.07. The van der Waals surface area contributed by atoms with Crippen LogP contribution in [0.15, 0.2) is 59.4 Å². The van der Waals surface area contributed by atoms with E-state index in [1.54, 1.807) is 36.4 Å². The second-order valence-corrected chi connectivity index (χ2v) is 4.91. The van der Waals surface area contributed by atoms with Crippen molar-refractivity contribution in [3.63, 3.8) is 0 Å². The predicted octanol–water partition coefficient (Wildman–Crippen LogP) is 2.59. The van der Waals surface area contributed by atoms with Crippen LogP contribution >= 0.6 is 0 Å². The Morgan fingerprint density at radius 1 is 1.04 bits per heavy atom. The molecular weight excluding hydrogens is 296 g/mol. The molecule has 0 saturated carbocycles. The number of benzene rings is 2. The molecule has 0 unspecified atom stereocenters. The van der Waals surface area contributed by atoms with Crippen LogP contribution in [0.1, 0.15) is 0 Å². The second-order valence-electron chi connectivity index (χ2n) is 4.91. The van der Waals surface area contributed by atoms with Crippen LogP contribution in [0, 0.1) is 10.1 Å². The highest BCUT2D eigenvalue weighted by Gasteiger charge is 2.09. The number of H-pyrrole nitrogens is 1. The number of nitrogens with two attached hydrogens (primary N) is 1. The third kappa shape index (κ3) is 3.08. The number of nitro benzene ring substituents is 1. The van der Waals surface area contributed by atoms with E-state index in [0.717, 1.165) is 5.56 Å². The summed E-state index contributed by atoms with van der Waals surface area (Å²) in [6.07, 6.45) is 0. The predicted molar refractivity (Wildman–Crippen MR) is 86.8 cm³/mol. The molecule has 0 saturated heterocycles. The van der Waals surface area contributed by atoms with Gasteiger partial charge >= 0.3 is 0 Å². The summed E-state index contributed by atoms with van der Waals surface area (Å²) in [5.74, 6) is 0.338. The zero-order chi connectivity index (χ0) is 16.4. The molecule has 0 aliphatic carbocycles. The van der Waals surface area contributed by atoms with E-state index < -0.39 is 4.92 Å². The van der Waals surface area contributed by atoms with E-state index in [-0.39, 0.29) is 11.2 Å². The number of hydrogen-bond donors (Lipinski definition) is 2. The lowest BCUT2D eigenvalue weighted by atomic mass is 10.1. The number of aromatic amines is 1. The van der Waals surface area contributed by atoms with E-state index in [0.29, 0.717) is 22.8 Å². The molecule has 114 valence electrons. The molecule has 3 rings (SSSR count). The van der Waals surface area contributed by atoms with Gasteiger partial charge in [-0.05, 0) is 24.3 Å². The van der Waals surface area contributed by atoms with Crippen molar-refractivity contribution in [3.8, 4) is 22.6 Å². The van der Waals surface area contributed by atoms with Crippen molar-refractivity contribution < 1.29 is 4.92 Å². The number of nitro groups is 1. The number of rotatable bonds is 3. The summed E-state index contributed by atoms with van der Waals surface area (Å²) in [6, 6.07) is 14.2. The summed E-state index contributed by atoms with van der Waals surface area (Å²) in [7, 11) is 0. The van der Waals surface area contributed by atoms with Crippen molar-refractivity contribution in [2.24, 2.45) is 0 Å². The Morgan fingerprint density at radius 2 is 1.78 bits per heavy atom. The summed E-state index contributed by atoms with van der Waals surface area (Å²) >= 11 is 0. The van der Waals surface area contributed by atoms with Gasteiger partial charge in [-0.25, -0.2) is 4.98 Å². The van der Waals surface area contributed by atoms with E-state index >= 15 is 0 Å². The summed E-state index contributed by atoms with van der Waals surface area (Å²) in [6.45, 7) is 0. The zero-order valence-electron chi connectivity index (χ0n) is 11.9. The van der Waals surface area contributed by atoms with Gasteiger partial charge in [0.05, 0.1) is 10.6 Å². The fourth-order valence-corrected chi connectivity index (χ4v) is 2.18. The number of anilines is 1. The summed E-state index contributed by atoms with van der Waals surface area (Å²) in [5, 5.41) is 10.7. The molecule has 0 spiro atoms. The van der Waals surface area contributed by atoms with Crippen LogP contribution < -0.4 is 11.3 Å². The minimum atomic E-state index is -0.483. The summed E-state index contributed by atoms with van der Waals surface area (Å²) < 4.78 is 0. The molecule has 0 radical (unpaired) electrons. The van der Waals surface area contributed by atoms with Crippen molar-refractivity contribution in [2.45, 2.75) is 0 Å². The topological polar surface area (TPSA) is 115 Å². The van der Waals surface area contributed by atoms with Crippen molar-refractivity contribution in [3.05, 3.63) is 75.1 Å². The lowest BCUT2D eigenvalue weighted by Gasteiger charge is -2.05. The fraction of sp³-hybridized carbons (Fsp3) is 0. The summed E-state index contributed by atoms with van der Waals surface area (Å²) in [5.41, 5.74) is 7.77. The van der Waals surface area contributed by atoms with Crippen molar-refractivity contribution in [2.75, 3.05) is 5.73 Å². The SMILES string of the molecule is Nc1cccc(-c2cc(=O)[nH]c(-c3ccc([N+](=O)[O-])cc3)n2)c1. The fourth-order valence-electron chi connectivity index (χ4n) is 2.18. The van der Waals surface area contributed by atoms with Gasteiger partial charge in [-0.2, -0.15) is 0 Å². The highest BCUT2D eigenvalue weighted by Crippen LogP contribution is 2.22. The van der Waals surface area contributed by atoms with Crippen LogP contribution in [0.3, 0.4) is 0 Å². The first-order valence-corrected chi connectivity index (χ1v) is 6.75. The number of nitrogens with zero attached hydrogens (tertiary/aromatic N) is 2. The number of aromatic nitrogens is 2. The highest BCUT2D eigenvalue weighted by atomic mass is 16.6. The first kappa shape index (κ1) is 14.5. The molecular formula is C16H12N4O3. The van der Waals surface area contributed by atoms with Gasteiger partial charge in [0, 0.05) is 35.0 Å². The highest BCUT2D eigenvalue weighted by molar-refractivity contribution is 5.66. The molecule has 1 heterocycles. The van der Waals surface area contributed by atoms with Gasteiger partial charge in [-0.15, -0.1) is 0 Å². The van der Waals surface area contributed by atoms with Crippen LogP contribution in [0.2, 0.25) is 0 Å². The smallest absolute Gasteiger partial charge is 0.269 e. The summed E-state index contributed by atoms with van der Waals surface area (Å²) in [4.78, 5) is 29.1. The zero-order valence-corrected chi connectivity index (χ0v) is 11.9.